The number of carbonyl (C=O) groups excluding carboxylic acids is 1. The van der Waals surface area contributed by atoms with E-state index >= 15 is 0 Å². The van der Waals surface area contributed by atoms with Crippen molar-refractivity contribution >= 4 is 16.8 Å². The number of carbonyl (C=O) groups is 1. The van der Waals surface area contributed by atoms with Crippen LogP contribution in [-0.4, -0.2) is 10.9 Å². The van der Waals surface area contributed by atoms with E-state index in [4.69, 9.17) is 4.42 Å². The number of hydrogen-bond donors (Lipinski definition) is 1. The molecule has 3 aromatic rings. The molecule has 4 heteroatoms. The fourth-order valence-corrected chi connectivity index (χ4v) is 2.34. The zero-order valence-corrected chi connectivity index (χ0v) is 12.0. The second kappa shape index (κ2) is 5.40. The van der Waals surface area contributed by atoms with Gasteiger partial charge < -0.3 is 9.73 Å². The van der Waals surface area contributed by atoms with E-state index < -0.39 is 0 Å². The van der Waals surface area contributed by atoms with E-state index in [1.54, 1.807) is 0 Å². The molecular weight excluding hydrogens is 264 g/mol. The van der Waals surface area contributed by atoms with Crippen LogP contribution in [0.5, 0.6) is 0 Å². The number of benzene rings is 1. The molecule has 0 aliphatic carbocycles. The zero-order valence-electron chi connectivity index (χ0n) is 12.0. The van der Waals surface area contributed by atoms with Crippen LogP contribution in [0.15, 0.2) is 46.9 Å². The Morgan fingerprint density at radius 1 is 1.19 bits per heavy atom. The van der Waals surface area contributed by atoms with Crippen molar-refractivity contribution in [1.29, 1.82) is 0 Å². The number of nitrogens with one attached hydrogen (secondary N) is 1. The summed E-state index contributed by atoms with van der Waals surface area (Å²) in [5.74, 6) is 1.46. The molecule has 1 amide bonds. The molecule has 0 bridgehead atoms. The lowest BCUT2D eigenvalue weighted by Gasteiger charge is -2.08. The number of amides is 1. The Balaban J connectivity index is 1.87. The topological polar surface area (TPSA) is 55.1 Å². The average Bonchev–Trinajstić information content (AvgIpc) is 2.89. The van der Waals surface area contributed by atoms with Crippen LogP contribution in [0.4, 0.5) is 0 Å². The van der Waals surface area contributed by atoms with Crippen molar-refractivity contribution in [2.75, 3.05) is 0 Å². The molecule has 2 heterocycles. The molecule has 0 spiro atoms. The standard InChI is InChI=1S/C17H16N2O2/c1-11-9-15(14-5-3-4-6-16(14)19-11)17(20)18-10-13-8-7-12(2)21-13/h3-9H,10H2,1-2H3,(H,18,20). The largest absolute Gasteiger partial charge is 0.465 e. The van der Waals surface area contributed by atoms with Crippen LogP contribution < -0.4 is 5.32 Å². The van der Waals surface area contributed by atoms with Crippen LogP contribution in [0.25, 0.3) is 10.9 Å². The Kier molecular flexibility index (Phi) is 3.44. The number of hydrogen-bond acceptors (Lipinski definition) is 3. The van der Waals surface area contributed by atoms with E-state index in [0.29, 0.717) is 12.1 Å². The number of rotatable bonds is 3. The molecule has 0 unspecified atom stereocenters. The first-order valence-electron chi connectivity index (χ1n) is 6.83. The number of aromatic nitrogens is 1. The minimum Gasteiger partial charge on any atom is -0.465 e. The summed E-state index contributed by atoms with van der Waals surface area (Å²) in [6, 6.07) is 13.2. The summed E-state index contributed by atoms with van der Waals surface area (Å²) in [7, 11) is 0. The Morgan fingerprint density at radius 2 is 2.00 bits per heavy atom. The first-order chi connectivity index (χ1) is 10.1. The monoisotopic (exact) mass is 280 g/mol. The predicted molar refractivity (Wildman–Crippen MR) is 81.1 cm³/mol. The SMILES string of the molecule is Cc1cc(C(=O)NCc2ccc(C)o2)c2ccccc2n1. The van der Waals surface area contributed by atoms with Crippen molar-refractivity contribution in [3.63, 3.8) is 0 Å². The highest BCUT2D eigenvalue weighted by atomic mass is 16.3. The van der Waals surface area contributed by atoms with Gasteiger partial charge in [0.05, 0.1) is 17.6 Å². The van der Waals surface area contributed by atoms with Crippen LogP contribution in [-0.2, 0) is 6.54 Å². The first-order valence-corrected chi connectivity index (χ1v) is 6.83. The maximum atomic E-state index is 12.4. The molecule has 21 heavy (non-hydrogen) atoms. The van der Waals surface area contributed by atoms with E-state index in [2.05, 4.69) is 10.3 Å². The maximum Gasteiger partial charge on any atom is 0.252 e. The number of pyridine rings is 1. The van der Waals surface area contributed by atoms with Gasteiger partial charge in [0, 0.05) is 11.1 Å². The molecule has 0 saturated carbocycles. The third-order valence-corrected chi connectivity index (χ3v) is 3.31. The molecule has 2 aromatic heterocycles. The zero-order chi connectivity index (χ0) is 14.8. The fourth-order valence-electron chi connectivity index (χ4n) is 2.34. The van der Waals surface area contributed by atoms with E-state index in [-0.39, 0.29) is 5.91 Å². The number of nitrogens with zero attached hydrogens (tertiary/aromatic N) is 1. The van der Waals surface area contributed by atoms with Gasteiger partial charge >= 0.3 is 0 Å². The molecule has 0 fully saturated rings. The van der Waals surface area contributed by atoms with Crippen molar-refractivity contribution in [3.05, 3.63) is 65.2 Å². The summed E-state index contributed by atoms with van der Waals surface area (Å²) < 4.78 is 5.45. The van der Waals surface area contributed by atoms with Gasteiger partial charge in [0.1, 0.15) is 11.5 Å². The van der Waals surface area contributed by atoms with Crippen LogP contribution in [0.3, 0.4) is 0 Å². The van der Waals surface area contributed by atoms with E-state index in [1.165, 1.54) is 0 Å². The molecule has 4 nitrogen and oxygen atoms in total. The molecule has 1 aromatic carbocycles. The van der Waals surface area contributed by atoms with Gasteiger partial charge in [0.15, 0.2) is 0 Å². The molecule has 0 atom stereocenters. The minimum atomic E-state index is -0.120. The van der Waals surface area contributed by atoms with Crippen LogP contribution >= 0.6 is 0 Å². The van der Waals surface area contributed by atoms with E-state index in [9.17, 15) is 4.79 Å². The molecule has 1 N–H and O–H groups in total. The normalized spacial score (nSPS) is 10.8. The highest BCUT2D eigenvalue weighted by Crippen LogP contribution is 2.18. The minimum absolute atomic E-state index is 0.120. The Labute approximate surface area is 122 Å². The smallest absolute Gasteiger partial charge is 0.252 e. The second-order valence-electron chi connectivity index (χ2n) is 5.02. The second-order valence-corrected chi connectivity index (χ2v) is 5.02. The lowest BCUT2D eigenvalue weighted by Crippen LogP contribution is -2.23. The van der Waals surface area contributed by atoms with Crippen molar-refractivity contribution in [2.24, 2.45) is 0 Å². The lowest BCUT2D eigenvalue weighted by atomic mass is 10.1. The third-order valence-electron chi connectivity index (χ3n) is 3.31. The highest BCUT2D eigenvalue weighted by molar-refractivity contribution is 6.06. The quantitative estimate of drug-likeness (QED) is 0.800. The summed E-state index contributed by atoms with van der Waals surface area (Å²) in [4.78, 5) is 16.9. The average molecular weight is 280 g/mol. The van der Waals surface area contributed by atoms with Gasteiger partial charge in [-0.1, -0.05) is 18.2 Å². The van der Waals surface area contributed by atoms with Gasteiger partial charge in [-0.15, -0.1) is 0 Å². The molecule has 0 aliphatic rings. The third kappa shape index (κ3) is 2.79. The van der Waals surface area contributed by atoms with Crippen molar-refractivity contribution in [2.45, 2.75) is 20.4 Å². The molecule has 0 saturated heterocycles. The number of para-hydroxylation sites is 1. The molecule has 0 aliphatic heterocycles. The number of aryl methyl sites for hydroxylation is 2. The fraction of sp³-hybridized carbons (Fsp3) is 0.176. The van der Waals surface area contributed by atoms with Gasteiger partial charge in [-0.2, -0.15) is 0 Å². The number of fused-ring (bicyclic) bond motifs is 1. The van der Waals surface area contributed by atoms with E-state index in [1.807, 2.05) is 56.3 Å². The molecule has 0 radical (unpaired) electrons. The summed E-state index contributed by atoms with van der Waals surface area (Å²) in [6.45, 7) is 4.15. The lowest BCUT2D eigenvalue weighted by molar-refractivity contribution is 0.0949. The summed E-state index contributed by atoms with van der Waals surface area (Å²) in [6.07, 6.45) is 0. The van der Waals surface area contributed by atoms with E-state index in [0.717, 1.165) is 28.1 Å². The highest BCUT2D eigenvalue weighted by Gasteiger charge is 2.12. The van der Waals surface area contributed by atoms with Gasteiger partial charge in [-0.3, -0.25) is 9.78 Å². The van der Waals surface area contributed by atoms with Crippen molar-refractivity contribution in [3.8, 4) is 0 Å². The molecule has 106 valence electrons. The Hall–Kier alpha value is -2.62. The first kappa shape index (κ1) is 13.4. The van der Waals surface area contributed by atoms with Crippen LogP contribution in [0.1, 0.15) is 27.6 Å². The molecule has 3 rings (SSSR count). The van der Waals surface area contributed by atoms with Crippen molar-refractivity contribution in [1.82, 2.24) is 10.3 Å². The van der Waals surface area contributed by atoms with Gasteiger partial charge in [0.2, 0.25) is 0 Å². The van der Waals surface area contributed by atoms with Gasteiger partial charge in [-0.05, 0) is 38.1 Å². The summed E-state index contributed by atoms with van der Waals surface area (Å²) in [5, 5.41) is 3.75. The van der Waals surface area contributed by atoms with Crippen LogP contribution in [0.2, 0.25) is 0 Å². The predicted octanol–water partition coefficient (Wildman–Crippen LogP) is 3.37. The Bertz CT molecular complexity index is 805. The Morgan fingerprint density at radius 3 is 2.76 bits per heavy atom. The van der Waals surface area contributed by atoms with Crippen LogP contribution in [0, 0.1) is 13.8 Å². The maximum absolute atomic E-state index is 12.4. The van der Waals surface area contributed by atoms with Gasteiger partial charge in [0.25, 0.3) is 5.91 Å². The summed E-state index contributed by atoms with van der Waals surface area (Å²) >= 11 is 0. The van der Waals surface area contributed by atoms with Crippen molar-refractivity contribution < 1.29 is 9.21 Å². The van der Waals surface area contributed by atoms with Gasteiger partial charge in [-0.25, -0.2) is 0 Å². The molecular formula is C17H16N2O2. The number of furan rings is 1. The summed E-state index contributed by atoms with van der Waals surface area (Å²) in [5.41, 5.74) is 2.30.